The summed E-state index contributed by atoms with van der Waals surface area (Å²) in [5, 5.41) is 0. The molecule has 0 aliphatic rings. The largest absolute Gasteiger partial charge is 1.00 e. The summed E-state index contributed by atoms with van der Waals surface area (Å²) in [4.78, 5) is 0. The molecule has 0 saturated carbocycles. The molecule has 1 aromatic rings. The number of thiol groups is 2. The molecule has 0 atom stereocenters. The maximum absolute atomic E-state index is 11.4. The van der Waals surface area contributed by atoms with E-state index in [9.17, 15) is 8.42 Å². The van der Waals surface area contributed by atoms with Crippen LogP contribution >= 0.6 is 25.3 Å². The first-order chi connectivity index (χ1) is 7.49. The van der Waals surface area contributed by atoms with Crippen LogP contribution in [0, 0.1) is 0 Å². The second kappa shape index (κ2) is 8.85. The normalized spacial score (nSPS) is 11.2. The SMILES string of the molecule is O=S(=O)(CCC(S)S)OCc1ccccc1.[H-].[Na+]. The Morgan fingerprint density at radius 1 is 1.24 bits per heavy atom. The number of hydrogen-bond donors (Lipinski definition) is 2. The first kappa shape index (κ1) is 17.8. The van der Waals surface area contributed by atoms with Gasteiger partial charge in [-0.3, -0.25) is 4.18 Å². The minimum Gasteiger partial charge on any atom is -1.00 e. The van der Waals surface area contributed by atoms with E-state index in [2.05, 4.69) is 25.3 Å². The summed E-state index contributed by atoms with van der Waals surface area (Å²) >= 11 is 7.98. The third-order valence-corrected chi connectivity index (χ3v) is 3.60. The summed E-state index contributed by atoms with van der Waals surface area (Å²) in [6, 6.07) is 9.17. The standard InChI is InChI=1S/C10H14O3S3.Na.H/c11-16(12,7-6-10(14)15)13-8-9-4-2-1-3-5-9;;/h1-5,10,14-15H,6-8H2;;/q;+1;-1. The molecule has 0 radical (unpaired) electrons. The predicted octanol–water partition coefficient (Wildman–Crippen LogP) is -0.775. The summed E-state index contributed by atoms with van der Waals surface area (Å²) < 4.78 is 27.5. The van der Waals surface area contributed by atoms with Gasteiger partial charge in [-0.2, -0.15) is 33.7 Å². The van der Waals surface area contributed by atoms with E-state index in [-0.39, 0.29) is 47.9 Å². The topological polar surface area (TPSA) is 43.4 Å². The Bertz CT molecular complexity index is 412. The Hall–Kier alpha value is 0.830. The van der Waals surface area contributed by atoms with Crippen LogP contribution in [0.1, 0.15) is 13.4 Å². The van der Waals surface area contributed by atoms with Crippen molar-refractivity contribution in [1.82, 2.24) is 0 Å². The van der Waals surface area contributed by atoms with E-state index < -0.39 is 10.1 Å². The molecule has 0 aliphatic heterocycles. The third-order valence-electron chi connectivity index (χ3n) is 1.87. The average Bonchev–Trinajstić information content (AvgIpc) is 2.26. The van der Waals surface area contributed by atoms with Gasteiger partial charge in [0.1, 0.15) is 0 Å². The third kappa shape index (κ3) is 8.53. The maximum atomic E-state index is 11.4. The van der Waals surface area contributed by atoms with Crippen LogP contribution in [0.25, 0.3) is 0 Å². The van der Waals surface area contributed by atoms with Crippen LogP contribution in [0.15, 0.2) is 30.3 Å². The molecule has 1 rings (SSSR count). The van der Waals surface area contributed by atoms with Crippen molar-refractivity contribution < 1.29 is 43.6 Å². The molecular formula is C10H15NaO3S3. The Morgan fingerprint density at radius 2 is 1.82 bits per heavy atom. The fourth-order valence-electron chi connectivity index (χ4n) is 1.04. The van der Waals surface area contributed by atoms with Gasteiger partial charge >= 0.3 is 29.6 Å². The van der Waals surface area contributed by atoms with Crippen LogP contribution in [-0.2, 0) is 20.9 Å². The Labute approximate surface area is 137 Å². The van der Waals surface area contributed by atoms with Gasteiger partial charge in [-0.05, 0) is 12.0 Å². The zero-order valence-corrected chi connectivity index (χ0v) is 14.2. The van der Waals surface area contributed by atoms with E-state index in [0.717, 1.165) is 5.56 Å². The summed E-state index contributed by atoms with van der Waals surface area (Å²) in [6.45, 7) is 0.0764. The van der Waals surface area contributed by atoms with Crippen LogP contribution in [0.3, 0.4) is 0 Å². The Morgan fingerprint density at radius 3 is 2.35 bits per heavy atom. The zero-order chi connectivity index (χ0) is 12.0. The van der Waals surface area contributed by atoms with E-state index >= 15 is 0 Å². The molecule has 0 spiro atoms. The molecule has 0 amide bonds. The number of benzene rings is 1. The van der Waals surface area contributed by atoms with Crippen LogP contribution in [-0.4, -0.2) is 18.8 Å². The van der Waals surface area contributed by atoms with Crippen LogP contribution in [0.4, 0.5) is 0 Å². The van der Waals surface area contributed by atoms with E-state index in [1.165, 1.54) is 0 Å². The second-order valence-corrected chi connectivity index (χ2v) is 6.69. The summed E-state index contributed by atoms with van der Waals surface area (Å²) in [5.74, 6) is -0.0580. The van der Waals surface area contributed by atoms with Gasteiger partial charge in [0.05, 0.1) is 12.4 Å². The fraction of sp³-hybridized carbons (Fsp3) is 0.400. The van der Waals surface area contributed by atoms with Gasteiger partial charge in [0.15, 0.2) is 0 Å². The maximum Gasteiger partial charge on any atom is 1.00 e. The molecule has 1 aromatic carbocycles. The van der Waals surface area contributed by atoms with Crippen molar-refractivity contribution in [3.8, 4) is 0 Å². The van der Waals surface area contributed by atoms with Crippen LogP contribution < -0.4 is 29.6 Å². The molecule has 0 heterocycles. The van der Waals surface area contributed by atoms with Gasteiger partial charge in [0.2, 0.25) is 0 Å². The minimum absolute atomic E-state index is 0. The molecule has 0 aliphatic carbocycles. The van der Waals surface area contributed by atoms with Crippen LogP contribution in [0.5, 0.6) is 0 Å². The molecule has 0 unspecified atom stereocenters. The van der Waals surface area contributed by atoms with Crippen molar-refractivity contribution >= 4 is 35.4 Å². The molecule has 7 heteroatoms. The van der Waals surface area contributed by atoms with E-state index in [1.807, 2.05) is 30.3 Å². The van der Waals surface area contributed by atoms with Crippen molar-refractivity contribution in [2.45, 2.75) is 17.6 Å². The minimum atomic E-state index is -3.47. The summed E-state index contributed by atoms with van der Waals surface area (Å²) in [7, 11) is -3.47. The fourth-order valence-corrected chi connectivity index (χ4v) is 2.61. The van der Waals surface area contributed by atoms with Gasteiger partial charge in [-0.15, -0.1) is 0 Å². The molecule has 17 heavy (non-hydrogen) atoms. The summed E-state index contributed by atoms with van der Waals surface area (Å²) in [5.41, 5.74) is 0.833. The zero-order valence-electron chi connectivity index (χ0n) is 10.6. The van der Waals surface area contributed by atoms with Gasteiger partial charge in [-0.25, -0.2) is 0 Å². The van der Waals surface area contributed by atoms with Gasteiger partial charge in [0, 0.05) is 4.58 Å². The number of hydrogen-bond acceptors (Lipinski definition) is 5. The number of rotatable bonds is 6. The van der Waals surface area contributed by atoms with Crippen molar-refractivity contribution in [2.24, 2.45) is 0 Å². The second-order valence-electron chi connectivity index (χ2n) is 3.28. The molecular weight excluding hydrogens is 287 g/mol. The first-order valence-corrected chi connectivity index (χ1v) is 7.38. The van der Waals surface area contributed by atoms with E-state index in [1.54, 1.807) is 0 Å². The summed E-state index contributed by atoms with van der Waals surface area (Å²) in [6.07, 6.45) is 0.364. The molecule has 0 bridgehead atoms. The van der Waals surface area contributed by atoms with Gasteiger partial charge < -0.3 is 1.43 Å². The molecule has 0 fully saturated rings. The van der Waals surface area contributed by atoms with Gasteiger partial charge in [-0.1, -0.05) is 30.3 Å². The predicted molar refractivity (Wildman–Crippen MR) is 72.5 cm³/mol. The Balaban J connectivity index is 0. The van der Waals surface area contributed by atoms with Crippen molar-refractivity contribution in [3.63, 3.8) is 0 Å². The molecule has 3 nitrogen and oxygen atoms in total. The average molecular weight is 302 g/mol. The van der Waals surface area contributed by atoms with Gasteiger partial charge in [0.25, 0.3) is 10.1 Å². The molecule has 92 valence electrons. The Kier molecular flexibility index (Phi) is 9.28. The molecule has 0 N–H and O–H groups in total. The van der Waals surface area contributed by atoms with Crippen LogP contribution in [0.2, 0.25) is 0 Å². The van der Waals surface area contributed by atoms with E-state index in [4.69, 9.17) is 4.18 Å². The van der Waals surface area contributed by atoms with Crippen molar-refractivity contribution in [3.05, 3.63) is 35.9 Å². The van der Waals surface area contributed by atoms with E-state index in [0.29, 0.717) is 6.42 Å². The molecule has 0 aromatic heterocycles. The van der Waals surface area contributed by atoms with Crippen molar-refractivity contribution in [2.75, 3.05) is 5.75 Å². The smallest absolute Gasteiger partial charge is 1.00 e. The monoisotopic (exact) mass is 302 g/mol. The first-order valence-electron chi connectivity index (χ1n) is 4.77. The van der Waals surface area contributed by atoms with Crippen molar-refractivity contribution in [1.29, 1.82) is 0 Å². The molecule has 0 saturated heterocycles. The quantitative estimate of drug-likeness (QED) is 0.314.